The molecule has 0 fully saturated rings. The largest absolute Gasteiger partial charge is 0.0648 e. The lowest BCUT2D eigenvalue weighted by atomic mass is 9.75. The summed E-state index contributed by atoms with van der Waals surface area (Å²) in [5, 5.41) is 2.78. The number of fused-ring (bicyclic) bond motifs is 2. The Balaban J connectivity index is 2.22. The Morgan fingerprint density at radius 2 is 1.86 bits per heavy atom. The van der Waals surface area contributed by atoms with Gasteiger partial charge in [-0.1, -0.05) is 43.3 Å². The molecule has 0 aliphatic heterocycles. The Morgan fingerprint density at radius 3 is 2.57 bits per heavy atom. The van der Waals surface area contributed by atoms with E-state index in [1.54, 1.807) is 11.1 Å². The molecule has 0 aromatic heterocycles. The lowest BCUT2D eigenvalue weighted by Crippen LogP contribution is -2.15. The van der Waals surface area contributed by atoms with Gasteiger partial charge >= 0.3 is 0 Å². The quantitative estimate of drug-likeness (QED) is 0.627. The molecule has 0 radical (unpaired) electrons. The van der Waals surface area contributed by atoms with Gasteiger partial charge in [0.05, 0.1) is 0 Å². The highest BCUT2D eigenvalue weighted by Gasteiger charge is 2.24. The molecule has 0 nitrogen and oxygen atoms in total. The van der Waals surface area contributed by atoms with Crippen molar-refractivity contribution in [3.63, 3.8) is 0 Å². The van der Waals surface area contributed by atoms with Crippen molar-refractivity contribution in [3.05, 3.63) is 47.5 Å². The monoisotopic (exact) mass is 182 g/mol. The SMILES string of the molecule is CCC1Cc2cc3ccccc3cc21. The molecule has 1 unspecified atom stereocenters. The fourth-order valence-electron chi connectivity index (χ4n) is 2.47. The van der Waals surface area contributed by atoms with Crippen molar-refractivity contribution >= 4 is 10.8 Å². The molecular formula is C14H14. The summed E-state index contributed by atoms with van der Waals surface area (Å²) in [7, 11) is 0. The Morgan fingerprint density at radius 1 is 1.14 bits per heavy atom. The van der Waals surface area contributed by atoms with Crippen LogP contribution in [0, 0.1) is 0 Å². The first-order valence-electron chi connectivity index (χ1n) is 5.40. The molecule has 0 amide bonds. The molecule has 0 heterocycles. The second-order valence-electron chi connectivity index (χ2n) is 4.21. The van der Waals surface area contributed by atoms with E-state index in [0.29, 0.717) is 0 Å². The second-order valence-corrected chi connectivity index (χ2v) is 4.21. The van der Waals surface area contributed by atoms with Gasteiger partial charge in [0.15, 0.2) is 0 Å². The number of hydrogen-bond acceptors (Lipinski definition) is 0. The summed E-state index contributed by atoms with van der Waals surface area (Å²) in [6.45, 7) is 2.28. The van der Waals surface area contributed by atoms with Gasteiger partial charge in [0, 0.05) is 0 Å². The van der Waals surface area contributed by atoms with Gasteiger partial charge in [0.25, 0.3) is 0 Å². The molecule has 1 aliphatic carbocycles. The van der Waals surface area contributed by atoms with E-state index in [-0.39, 0.29) is 0 Å². The molecule has 0 saturated heterocycles. The number of rotatable bonds is 1. The lowest BCUT2D eigenvalue weighted by Gasteiger charge is -2.29. The molecule has 0 spiro atoms. The van der Waals surface area contributed by atoms with Gasteiger partial charge in [0.1, 0.15) is 0 Å². The first-order valence-corrected chi connectivity index (χ1v) is 5.40. The van der Waals surface area contributed by atoms with Crippen molar-refractivity contribution in [3.8, 4) is 0 Å². The minimum atomic E-state index is 0.828. The molecular weight excluding hydrogens is 168 g/mol. The van der Waals surface area contributed by atoms with Crippen molar-refractivity contribution in [2.75, 3.05) is 0 Å². The highest BCUT2D eigenvalue weighted by Crippen LogP contribution is 2.39. The maximum absolute atomic E-state index is 2.38. The fourth-order valence-corrected chi connectivity index (χ4v) is 2.47. The summed E-state index contributed by atoms with van der Waals surface area (Å²) < 4.78 is 0. The fraction of sp³-hybridized carbons (Fsp3) is 0.286. The van der Waals surface area contributed by atoms with Crippen LogP contribution in [0.25, 0.3) is 10.8 Å². The average Bonchev–Trinajstić information content (AvgIpc) is 2.21. The van der Waals surface area contributed by atoms with E-state index >= 15 is 0 Å². The van der Waals surface area contributed by atoms with Crippen molar-refractivity contribution < 1.29 is 0 Å². The zero-order valence-electron chi connectivity index (χ0n) is 8.46. The van der Waals surface area contributed by atoms with Crippen LogP contribution >= 0.6 is 0 Å². The van der Waals surface area contributed by atoms with Crippen LogP contribution in [0.1, 0.15) is 30.4 Å². The van der Waals surface area contributed by atoms with Crippen LogP contribution in [0.2, 0.25) is 0 Å². The first-order chi connectivity index (χ1) is 6.88. The van der Waals surface area contributed by atoms with Crippen LogP contribution in [0.5, 0.6) is 0 Å². The summed E-state index contributed by atoms with van der Waals surface area (Å²) >= 11 is 0. The highest BCUT2D eigenvalue weighted by atomic mass is 14.3. The number of benzene rings is 2. The second kappa shape index (κ2) is 2.84. The third-order valence-electron chi connectivity index (χ3n) is 3.41. The molecule has 2 aromatic carbocycles. The summed E-state index contributed by atoms with van der Waals surface area (Å²) in [5.41, 5.74) is 3.15. The number of hydrogen-bond donors (Lipinski definition) is 0. The zero-order valence-corrected chi connectivity index (χ0v) is 8.46. The van der Waals surface area contributed by atoms with Gasteiger partial charge in [-0.25, -0.2) is 0 Å². The summed E-state index contributed by atoms with van der Waals surface area (Å²) in [6.07, 6.45) is 2.57. The molecule has 0 bridgehead atoms. The third kappa shape index (κ3) is 1.00. The molecule has 3 rings (SSSR count). The molecule has 1 atom stereocenters. The summed E-state index contributed by atoms with van der Waals surface area (Å²) in [5.74, 6) is 0.828. The minimum absolute atomic E-state index is 0.828. The Bertz CT molecular complexity index is 482. The van der Waals surface area contributed by atoms with Gasteiger partial charge < -0.3 is 0 Å². The van der Waals surface area contributed by atoms with Crippen LogP contribution in [0.4, 0.5) is 0 Å². The van der Waals surface area contributed by atoms with Crippen LogP contribution < -0.4 is 0 Å². The van der Waals surface area contributed by atoms with E-state index in [9.17, 15) is 0 Å². The molecule has 0 heteroatoms. The van der Waals surface area contributed by atoms with E-state index in [4.69, 9.17) is 0 Å². The maximum Gasteiger partial charge on any atom is -0.0121 e. The van der Waals surface area contributed by atoms with Crippen LogP contribution in [-0.4, -0.2) is 0 Å². The van der Waals surface area contributed by atoms with E-state index in [0.717, 1.165) is 5.92 Å². The van der Waals surface area contributed by atoms with Gasteiger partial charge in [0.2, 0.25) is 0 Å². The maximum atomic E-state index is 2.38. The predicted octanol–water partition coefficient (Wildman–Crippen LogP) is 3.89. The summed E-state index contributed by atoms with van der Waals surface area (Å²) in [6, 6.07) is 13.4. The first kappa shape index (κ1) is 8.05. The van der Waals surface area contributed by atoms with Crippen LogP contribution in [0.15, 0.2) is 36.4 Å². The molecule has 0 saturated carbocycles. The lowest BCUT2D eigenvalue weighted by molar-refractivity contribution is 0.590. The van der Waals surface area contributed by atoms with Crippen molar-refractivity contribution in [2.45, 2.75) is 25.7 Å². The molecule has 0 N–H and O–H groups in total. The molecule has 2 aromatic rings. The summed E-state index contributed by atoms with van der Waals surface area (Å²) in [4.78, 5) is 0. The third-order valence-corrected chi connectivity index (χ3v) is 3.41. The van der Waals surface area contributed by atoms with Gasteiger partial charge in [-0.3, -0.25) is 0 Å². The van der Waals surface area contributed by atoms with E-state index in [2.05, 4.69) is 43.3 Å². The molecule has 70 valence electrons. The predicted molar refractivity (Wildman–Crippen MR) is 60.7 cm³/mol. The highest BCUT2D eigenvalue weighted by molar-refractivity contribution is 5.85. The van der Waals surface area contributed by atoms with Gasteiger partial charge in [-0.15, -0.1) is 0 Å². The standard InChI is InChI=1S/C14H14/c1-2-10-7-13-8-11-5-3-4-6-12(11)9-14(10)13/h3-6,8-10H,2,7H2,1H3. The van der Waals surface area contributed by atoms with Crippen LogP contribution in [0.3, 0.4) is 0 Å². The Labute approximate surface area is 84.6 Å². The van der Waals surface area contributed by atoms with Crippen molar-refractivity contribution in [2.24, 2.45) is 0 Å². The van der Waals surface area contributed by atoms with Crippen molar-refractivity contribution in [1.29, 1.82) is 0 Å². The smallest absolute Gasteiger partial charge is 0.0121 e. The van der Waals surface area contributed by atoms with Gasteiger partial charge in [-0.05, 0) is 40.7 Å². The average molecular weight is 182 g/mol. The van der Waals surface area contributed by atoms with Crippen LogP contribution in [-0.2, 0) is 6.42 Å². The Kier molecular flexibility index (Phi) is 1.63. The molecule has 14 heavy (non-hydrogen) atoms. The van der Waals surface area contributed by atoms with E-state index in [1.807, 2.05) is 0 Å². The van der Waals surface area contributed by atoms with E-state index in [1.165, 1.54) is 23.6 Å². The normalized spacial score (nSPS) is 19.1. The topological polar surface area (TPSA) is 0 Å². The van der Waals surface area contributed by atoms with E-state index < -0.39 is 0 Å². The van der Waals surface area contributed by atoms with Gasteiger partial charge in [-0.2, -0.15) is 0 Å². The molecule has 1 aliphatic rings. The zero-order chi connectivity index (χ0) is 9.54. The minimum Gasteiger partial charge on any atom is -0.0648 e. The van der Waals surface area contributed by atoms with Crippen molar-refractivity contribution in [1.82, 2.24) is 0 Å². The Hall–Kier alpha value is -1.30.